The first-order valence-electron chi connectivity index (χ1n) is 12.7. The average Bonchev–Trinajstić information content (AvgIpc) is 2.98. The van der Waals surface area contributed by atoms with E-state index < -0.39 is 5.97 Å². The fourth-order valence-corrected chi connectivity index (χ4v) is 4.16. The number of aliphatic carboxylic acids is 1. The normalized spacial score (nSPS) is 10.6. The number of aromatic nitrogens is 2. The van der Waals surface area contributed by atoms with Crippen LogP contribution in [0.2, 0.25) is 0 Å². The molecule has 0 unspecified atom stereocenters. The van der Waals surface area contributed by atoms with Crippen molar-refractivity contribution in [3.05, 3.63) is 102 Å². The van der Waals surface area contributed by atoms with Crippen LogP contribution >= 0.6 is 0 Å². The number of carboxylic acids is 1. The Kier molecular flexibility index (Phi) is 10.3. The molecule has 0 bridgehead atoms. The van der Waals surface area contributed by atoms with Crippen molar-refractivity contribution in [2.45, 2.75) is 19.4 Å². The number of fused-ring (bicyclic) bond motifs is 1. The number of halogens is 1. The third kappa shape index (κ3) is 7.82. The van der Waals surface area contributed by atoms with Crippen LogP contribution in [0.5, 0.6) is 17.4 Å². The molecule has 4 aromatic carbocycles. The summed E-state index contributed by atoms with van der Waals surface area (Å²) >= 11 is 0. The van der Waals surface area contributed by atoms with Crippen molar-refractivity contribution in [1.29, 1.82) is 0 Å². The molecule has 1 aromatic heterocycles. The quantitative estimate of drug-likeness (QED) is 0.181. The van der Waals surface area contributed by atoms with E-state index in [1.54, 1.807) is 31.4 Å². The molecule has 0 aliphatic rings. The molecule has 0 N–H and O–H groups in total. The minimum Gasteiger partial charge on any atom is -0.550 e. The number of ether oxygens (including phenoxy) is 3. The topological polar surface area (TPSA) is 93.6 Å². The number of hydrogen-bond acceptors (Lipinski definition) is 7. The number of hydrogen-bond donors (Lipinski definition) is 0. The van der Waals surface area contributed by atoms with Crippen molar-refractivity contribution in [2.75, 3.05) is 13.7 Å². The summed E-state index contributed by atoms with van der Waals surface area (Å²) in [5.74, 6) is 0.726. The Balaban J connectivity index is 0.00000387. The maximum atomic E-state index is 14.2. The van der Waals surface area contributed by atoms with Crippen LogP contribution < -0.4 is 48.9 Å². The number of nitrogens with zero attached hydrogens (tertiary/aromatic N) is 2. The molecule has 0 amide bonds. The van der Waals surface area contributed by atoms with E-state index in [1.807, 2.05) is 60.7 Å². The molecular formula is C32H26FN2NaO5. The Bertz CT molecular complexity index is 1650. The molecule has 0 atom stereocenters. The van der Waals surface area contributed by atoms with E-state index in [4.69, 9.17) is 19.2 Å². The molecule has 5 aromatic rings. The Morgan fingerprint density at radius 2 is 1.54 bits per heavy atom. The second-order valence-corrected chi connectivity index (χ2v) is 9.07. The monoisotopic (exact) mass is 560 g/mol. The largest absolute Gasteiger partial charge is 1.00 e. The van der Waals surface area contributed by atoms with Gasteiger partial charge in [-0.1, -0.05) is 36.4 Å². The molecule has 1 heterocycles. The Morgan fingerprint density at radius 1 is 0.829 bits per heavy atom. The molecule has 41 heavy (non-hydrogen) atoms. The fraction of sp³-hybridized carbons (Fsp3) is 0.156. The molecule has 0 aliphatic carbocycles. The number of carbonyl (C=O) groups is 1. The van der Waals surface area contributed by atoms with Crippen LogP contribution in [0.1, 0.15) is 18.4 Å². The maximum absolute atomic E-state index is 14.2. The molecule has 0 radical (unpaired) electrons. The molecular weight excluding hydrogens is 534 g/mol. The van der Waals surface area contributed by atoms with Gasteiger partial charge in [0.1, 0.15) is 23.9 Å². The first-order valence-corrected chi connectivity index (χ1v) is 12.7. The second-order valence-electron chi connectivity index (χ2n) is 9.07. The minimum absolute atomic E-state index is 0. The average molecular weight is 561 g/mol. The molecule has 9 heteroatoms. The summed E-state index contributed by atoms with van der Waals surface area (Å²) < 4.78 is 31.1. The molecule has 0 saturated carbocycles. The molecule has 0 saturated heterocycles. The summed E-state index contributed by atoms with van der Waals surface area (Å²) in [6.45, 7) is 0.313. The Morgan fingerprint density at radius 3 is 2.29 bits per heavy atom. The van der Waals surface area contributed by atoms with E-state index >= 15 is 0 Å². The predicted molar refractivity (Wildman–Crippen MR) is 147 cm³/mol. The van der Waals surface area contributed by atoms with Gasteiger partial charge in [-0.15, -0.1) is 0 Å². The van der Waals surface area contributed by atoms with E-state index in [1.165, 1.54) is 6.07 Å². The third-order valence-corrected chi connectivity index (χ3v) is 6.29. The maximum Gasteiger partial charge on any atom is 1.00 e. The van der Waals surface area contributed by atoms with Crippen LogP contribution in [0.4, 0.5) is 4.39 Å². The first kappa shape index (κ1) is 30.0. The van der Waals surface area contributed by atoms with Gasteiger partial charge in [0.25, 0.3) is 0 Å². The van der Waals surface area contributed by atoms with Crippen molar-refractivity contribution >= 4 is 16.7 Å². The summed E-state index contributed by atoms with van der Waals surface area (Å²) in [6.07, 6.45) is 0.334. The van der Waals surface area contributed by atoms with Crippen molar-refractivity contribution < 1.29 is 58.1 Å². The van der Waals surface area contributed by atoms with E-state index in [0.717, 1.165) is 27.6 Å². The third-order valence-electron chi connectivity index (χ3n) is 6.29. The first-order chi connectivity index (χ1) is 19.5. The van der Waals surface area contributed by atoms with Gasteiger partial charge in [-0.25, -0.2) is 9.37 Å². The van der Waals surface area contributed by atoms with Crippen LogP contribution in [0.3, 0.4) is 0 Å². The van der Waals surface area contributed by atoms with Gasteiger partial charge in [0.15, 0.2) is 5.82 Å². The number of carboxylic acid groups (broad SMARTS) is 1. The van der Waals surface area contributed by atoms with Gasteiger partial charge in [0.2, 0.25) is 5.88 Å². The summed E-state index contributed by atoms with van der Waals surface area (Å²) in [6, 6.07) is 27.2. The van der Waals surface area contributed by atoms with Gasteiger partial charge in [-0.3, -0.25) is 0 Å². The standard InChI is InChI=1S/C32H27FN2O5.Na/c1-38-26-13-10-21(11-14-26)29-19-30(40-20-25-5-2-3-6-28(25)33)35-32(34-29)24-9-8-23-18-27(15-12-22(23)17-24)39-16-4-7-31(36)37;/h2-3,5-6,8-15,17-19H,4,7,16,20H2,1H3,(H,36,37);/q;+1/p-1. The van der Waals surface area contributed by atoms with E-state index in [0.29, 0.717) is 41.7 Å². The zero-order valence-corrected chi connectivity index (χ0v) is 24.8. The summed E-state index contributed by atoms with van der Waals surface area (Å²) in [5.41, 5.74) is 2.70. The van der Waals surface area contributed by atoms with E-state index in [9.17, 15) is 14.3 Å². The fourth-order valence-electron chi connectivity index (χ4n) is 4.16. The van der Waals surface area contributed by atoms with Gasteiger partial charge < -0.3 is 24.1 Å². The zero-order chi connectivity index (χ0) is 27.9. The van der Waals surface area contributed by atoms with Gasteiger partial charge in [-0.2, -0.15) is 4.98 Å². The Labute approximate surface area is 259 Å². The number of carbonyl (C=O) groups excluding carboxylic acids is 1. The van der Waals surface area contributed by atoms with Crippen LogP contribution in [-0.4, -0.2) is 29.7 Å². The van der Waals surface area contributed by atoms with Crippen molar-refractivity contribution in [2.24, 2.45) is 0 Å². The van der Waals surface area contributed by atoms with Gasteiger partial charge in [0, 0.05) is 28.7 Å². The zero-order valence-electron chi connectivity index (χ0n) is 22.8. The van der Waals surface area contributed by atoms with Crippen LogP contribution in [0.25, 0.3) is 33.4 Å². The second kappa shape index (κ2) is 14.1. The summed E-state index contributed by atoms with van der Waals surface area (Å²) in [4.78, 5) is 20.0. The van der Waals surface area contributed by atoms with Crippen LogP contribution in [0.15, 0.2) is 91.0 Å². The minimum atomic E-state index is -1.09. The predicted octanol–water partition coefficient (Wildman–Crippen LogP) is 2.60. The molecule has 0 fully saturated rings. The van der Waals surface area contributed by atoms with Crippen molar-refractivity contribution in [3.8, 4) is 40.0 Å². The SMILES string of the molecule is COc1ccc(-c2cc(OCc3ccccc3F)nc(-c3ccc4cc(OCCCC(=O)[O-])ccc4c3)n2)cc1.[Na+]. The smallest absolute Gasteiger partial charge is 0.550 e. The molecule has 7 nitrogen and oxygen atoms in total. The van der Waals surface area contributed by atoms with Gasteiger partial charge >= 0.3 is 29.6 Å². The number of benzene rings is 4. The van der Waals surface area contributed by atoms with Gasteiger partial charge in [0.05, 0.1) is 19.4 Å². The molecule has 202 valence electrons. The van der Waals surface area contributed by atoms with Crippen molar-refractivity contribution in [1.82, 2.24) is 9.97 Å². The van der Waals surface area contributed by atoms with E-state index in [2.05, 4.69) is 4.98 Å². The summed E-state index contributed by atoms with van der Waals surface area (Å²) in [5, 5.41) is 12.5. The number of rotatable bonds is 11. The van der Waals surface area contributed by atoms with E-state index in [-0.39, 0.29) is 48.4 Å². The van der Waals surface area contributed by atoms with Crippen molar-refractivity contribution in [3.63, 3.8) is 0 Å². The Hall–Kier alpha value is -3.98. The number of methoxy groups -OCH3 is 1. The van der Waals surface area contributed by atoms with Crippen LogP contribution in [0, 0.1) is 5.82 Å². The van der Waals surface area contributed by atoms with Crippen LogP contribution in [-0.2, 0) is 11.4 Å². The molecule has 5 rings (SSSR count). The molecule has 0 spiro atoms. The van der Waals surface area contributed by atoms with Gasteiger partial charge in [-0.05, 0) is 72.1 Å². The molecule has 0 aliphatic heterocycles. The summed E-state index contributed by atoms with van der Waals surface area (Å²) in [7, 11) is 1.61.